The second-order valence-corrected chi connectivity index (χ2v) is 9.34. The van der Waals surface area contributed by atoms with Gasteiger partial charge in [-0.1, -0.05) is 6.42 Å². The number of carbonyl (C=O) groups is 1. The van der Waals surface area contributed by atoms with Crippen LogP contribution in [0, 0.1) is 5.92 Å². The average molecular weight is 316 g/mol. The molecule has 0 bridgehead atoms. The number of rotatable bonds is 5. The molecule has 2 fully saturated rings. The lowest BCUT2D eigenvalue weighted by Gasteiger charge is -2.41. The lowest BCUT2D eigenvalue weighted by molar-refractivity contribution is -0.122. The molecule has 0 aromatic rings. The maximum atomic E-state index is 12.0. The number of sulfone groups is 1. The number of amides is 1. The normalized spacial score (nSPS) is 26.7. The van der Waals surface area contributed by atoms with Gasteiger partial charge >= 0.3 is 0 Å². The number of hydrogen-bond acceptors (Lipinski definition) is 4. The van der Waals surface area contributed by atoms with Crippen molar-refractivity contribution in [2.75, 3.05) is 31.1 Å². The van der Waals surface area contributed by atoms with Gasteiger partial charge in [0.25, 0.3) is 0 Å². The minimum atomic E-state index is -2.89. The fraction of sp³-hybridized carbons (Fsp3) is 0.933. The van der Waals surface area contributed by atoms with E-state index in [9.17, 15) is 13.2 Å². The van der Waals surface area contributed by atoms with Crippen molar-refractivity contribution in [3.05, 3.63) is 0 Å². The van der Waals surface area contributed by atoms with Crippen LogP contribution in [0.3, 0.4) is 0 Å². The fourth-order valence-corrected chi connectivity index (χ4v) is 5.16. The lowest BCUT2D eigenvalue weighted by Crippen LogP contribution is -2.53. The number of hydrogen-bond donors (Lipinski definition) is 1. The van der Waals surface area contributed by atoms with Crippen LogP contribution in [-0.4, -0.2) is 55.9 Å². The SMILES string of the molecule is CC(C)(CNC(=O)CC1CCS(=O)(=O)C1)N1CCCCC1. The molecule has 1 amide bonds. The summed E-state index contributed by atoms with van der Waals surface area (Å²) in [4.78, 5) is 14.5. The first kappa shape index (κ1) is 16.7. The zero-order valence-corrected chi connectivity index (χ0v) is 14.0. The maximum Gasteiger partial charge on any atom is 0.220 e. The summed E-state index contributed by atoms with van der Waals surface area (Å²) in [7, 11) is -2.89. The Morgan fingerprint density at radius 2 is 1.90 bits per heavy atom. The Kier molecular flexibility index (Phi) is 5.30. The molecule has 2 aliphatic heterocycles. The highest BCUT2D eigenvalue weighted by atomic mass is 32.2. The third kappa shape index (κ3) is 4.95. The highest BCUT2D eigenvalue weighted by Crippen LogP contribution is 2.22. The van der Waals surface area contributed by atoms with Crippen molar-refractivity contribution in [1.29, 1.82) is 0 Å². The molecule has 6 heteroatoms. The highest BCUT2D eigenvalue weighted by Gasteiger charge is 2.31. The Bertz CT molecular complexity index is 467. The fourth-order valence-electron chi connectivity index (χ4n) is 3.29. The van der Waals surface area contributed by atoms with Crippen LogP contribution in [-0.2, 0) is 14.6 Å². The van der Waals surface area contributed by atoms with Gasteiger partial charge in [-0.25, -0.2) is 8.42 Å². The molecule has 0 radical (unpaired) electrons. The standard InChI is InChI=1S/C15H28N2O3S/c1-15(2,17-7-4-3-5-8-17)12-16-14(18)10-13-6-9-21(19,20)11-13/h13H,3-12H2,1-2H3,(H,16,18). The summed E-state index contributed by atoms with van der Waals surface area (Å²) in [6.45, 7) is 7.16. The van der Waals surface area contributed by atoms with Crippen LogP contribution in [0.1, 0.15) is 46.0 Å². The van der Waals surface area contributed by atoms with Gasteiger partial charge in [0.05, 0.1) is 11.5 Å². The summed E-state index contributed by atoms with van der Waals surface area (Å²) in [5.41, 5.74) is -0.0299. The van der Waals surface area contributed by atoms with Crippen molar-refractivity contribution < 1.29 is 13.2 Å². The zero-order valence-electron chi connectivity index (χ0n) is 13.2. The van der Waals surface area contributed by atoms with E-state index in [1.54, 1.807) is 0 Å². The van der Waals surface area contributed by atoms with Gasteiger partial charge in [0, 0.05) is 18.5 Å². The Morgan fingerprint density at radius 1 is 1.24 bits per heavy atom. The lowest BCUT2D eigenvalue weighted by atomic mass is 9.98. The predicted molar refractivity (Wildman–Crippen MR) is 83.9 cm³/mol. The van der Waals surface area contributed by atoms with Gasteiger partial charge in [0.2, 0.25) is 5.91 Å². The van der Waals surface area contributed by atoms with Crippen molar-refractivity contribution in [3.63, 3.8) is 0 Å². The molecule has 0 aromatic carbocycles. The molecule has 2 rings (SSSR count). The first-order chi connectivity index (χ1) is 9.78. The van der Waals surface area contributed by atoms with Gasteiger partial charge in [-0.2, -0.15) is 0 Å². The number of piperidine rings is 1. The van der Waals surface area contributed by atoms with Crippen molar-refractivity contribution in [2.45, 2.75) is 51.5 Å². The molecule has 0 aromatic heterocycles. The Morgan fingerprint density at radius 3 is 2.48 bits per heavy atom. The summed E-state index contributed by atoms with van der Waals surface area (Å²) < 4.78 is 22.8. The molecule has 5 nitrogen and oxygen atoms in total. The Hall–Kier alpha value is -0.620. The second kappa shape index (κ2) is 6.65. The monoisotopic (exact) mass is 316 g/mol. The van der Waals surface area contributed by atoms with Gasteiger partial charge in [0.1, 0.15) is 0 Å². The van der Waals surface area contributed by atoms with Crippen LogP contribution in [0.4, 0.5) is 0 Å². The predicted octanol–water partition coefficient (Wildman–Crippen LogP) is 1.19. The number of nitrogens with one attached hydrogen (secondary N) is 1. The molecule has 0 spiro atoms. The highest BCUT2D eigenvalue weighted by molar-refractivity contribution is 7.91. The summed E-state index contributed by atoms with van der Waals surface area (Å²) in [6, 6.07) is 0. The van der Waals surface area contributed by atoms with Gasteiger partial charge in [-0.15, -0.1) is 0 Å². The third-order valence-electron chi connectivity index (χ3n) is 4.73. The van der Waals surface area contributed by atoms with Crippen LogP contribution in [0.25, 0.3) is 0 Å². The van der Waals surface area contributed by atoms with E-state index in [4.69, 9.17) is 0 Å². The van der Waals surface area contributed by atoms with Crippen LogP contribution in [0.15, 0.2) is 0 Å². The molecule has 1 atom stereocenters. The van der Waals surface area contributed by atoms with Crippen LogP contribution < -0.4 is 5.32 Å². The largest absolute Gasteiger partial charge is 0.354 e. The summed E-state index contributed by atoms with van der Waals surface area (Å²) in [5, 5.41) is 3.00. The molecule has 21 heavy (non-hydrogen) atoms. The third-order valence-corrected chi connectivity index (χ3v) is 6.57. The Balaban J connectivity index is 1.75. The van der Waals surface area contributed by atoms with Crippen LogP contribution >= 0.6 is 0 Å². The topological polar surface area (TPSA) is 66.5 Å². The van der Waals surface area contributed by atoms with Crippen molar-refractivity contribution in [1.82, 2.24) is 10.2 Å². The van der Waals surface area contributed by atoms with E-state index in [-0.39, 0.29) is 28.9 Å². The summed E-state index contributed by atoms with van der Waals surface area (Å²) >= 11 is 0. The molecule has 1 unspecified atom stereocenters. The summed E-state index contributed by atoms with van der Waals surface area (Å²) in [5.74, 6) is 0.412. The molecule has 2 aliphatic rings. The quantitative estimate of drug-likeness (QED) is 0.827. The molecular weight excluding hydrogens is 288 g/mol. The van der Waals surface area contributed by atoms with Crippen molar-refractivity contribution in [2.24, 2.45) is 5.92 Å². The van der Waals surface area contributed by atoms with Crippen molar-refractivity contribution >= 4 is 15.7 Å². The first-order valence-electron chi connectivity index (χ1n) is 8.01. The molecule has 2 heterocycles. The average Bonchev–Trinajstić information content (AvgIpc) is 2.77. The number of carbonyl (C=O) groups excluding carboxylic acids is 1. The molecule has 122 valence electrons. The van der Waals surface area contributed by atoms with Crippen LogP contribution in [0.2, 0.25) is 0 Å². The Labute approximate surface area is 128 Å². The van der Waals surface area contributed by atoms with E-state index >= 15 is 0 Å². The van der Waals surface area contributed by atoms with E-state index in [2.05, 4.69) is 24.1 Å². The maximum absolute atomic E-state index is 12.0. The summed E-state index contributed by atoms with van der Waals surface area (Å²) in [6.07, 6.45) is 4.74. The molecule has 0 saturated carbocycles. The molecule has 0 aliphatic carbocycles. The number of likely N-dealkylation sites (tertiary alicyclic amines) is 1. The van der Waals surface area contributed by atoms with E-state index in [1.807, 2.05) is 0 Å². The zero-order chi connectivity index (χ0) is 15.5. The van der Waals surface area contributed by atoms with Gasteiger partial charge in [-0.3, -0.25) is 9.69 Å². The van der Waals surface area contributed by atoms with Gasteiger partial charge < -0.3 is 5.32 Å². The molecular formula is C15H28N2O3S. The van der Waals surface area contributed by atoms with E-state index in [1.165, 1.54) is 19.3 Å². The molecule has 1 N–H and O–H groups in total. The smallest absolute Gasteiger partial charge is 0.220 e. The van der Waals surface area contributed by atoms with E-state index in [0.717, 1.165) is 13.1 Å². The van der Waals surface area contributed by atoms with E-state index in [0.29, 0.717) is 19.4 Å². The first-order valence-corrected chi connectivity index (χ1v) is 9.83. The molecule has 2 saturated heterocycles. The second-order valence-electron chi connectivity index (χ2n) is 7.11. The minimum Gasteiger partial charge on any atom is -0.354 e. The number of nitrogens with zero attached hydrogens (tertiary/aromatic N) is 1. The van der Waals surface area contributed by atoms with Crippen LogP contribution in [0.5, 0.6) is 0 Å². The minimum absolute atomic E-state index is 0.00750. The van der Waals surface area contributed by atoms with E-state index < -0.39 is 9.84 Å². The van der Waals surface area contributed by atoms with Crippen molar-refractivity contribution in [3.8, 4) is 0 Å². The van der Waals surface area contributed by atoms with Gasteiger partial charge in [0.15, 0.2) is 9.84 Å². The van der Waals surface area contributed by atoms with Gasteiger partial charge in [-0.05, 0) is 52.1 Å².